The van der Waals surface area contributed by atoms with Crippen molar-refractivity contribution in [3.63, 3.8) is 0 Å². The summed E-state index contributed by atoms with van der Waals surface area (Å²) in [5, 5.41) is 0. The van der Waals surface area contributed by atoms with Crippen molar-refractivity contribution in [2.24, 2.45) is 10.4 Å². The molecular formula is C13H19FN4O3. The van der Waals surface area contributed by atoms with Gasteiger partial charge in [0.25, 0.3) is 0 Å². The topological polar surface area (TPSA) is 76.8 Å². The number of nitrogens with zero attached hydrogens (tertiary/aromatic N) is 4. The Morgan fingerprint density at radius 2 is 2.14 bits per heavy atom. The van der Waals surface area contributed by atoms with Gasteiger partial charge in [0.2, 0.25) is 0 Å². The van der Waals surface area contributed by atoms with E-state index in [9.17, 15) is 14.0 Å². The molecule has 0 saturated carbocycles. The molecule has 1 aromatic rings. The number of carbonyl (C=O) groups is 1. The molecule has 1 aromatic heterocycles. The molecular weight excluding hydrogens is 279 g/mol. The van der Waals surface area contributed by atoms with Crippen LogP contribution in [0.1, 0.15) is 20.8 Å². The average molecular weight is 298 g/mol. The molecule has 0 saturated heterocycles. The molecule has 0 radical (unpaired) electrons. The Hall–Kier alpha value is -2.25. The molecule has 0 atom stereocenters. The molecule has 0 bridgehead atoms. The van der Waals surface area contributed by atoms with Crippen molar-refractivity contribution >= 4 is 18.1 Å². The highest BCUT2D eigenvalue weighted by molar-refractivity contribution is 5.75. The number of aliphatic imine (C=N–C) groups is 1. The third-order valence-corrected chi connectivity index (χ3v) is 2.29. The van der Waals surface area contributed by atoms with Crippen molar-refractivity contribution in [2.45, 2.75) is 27.5 Å². The molecule has 7 nitrogen and oxygen atoms in total. The second kappa shape index (κ2) is 6.47. The van der Waals surface area contributed by atoms with Crippen LogP contribution in [0.5, 0.6) is 0 Å². The van der Waals surface area contributed by atoms with E-state index in [1.807, 2.05) is 0 Å². The first-order valence-corrected chi connectivity index (χ1v) is 6.26. The predicted octanol–water partition coefficient (Wildman–Crippen LogP) is 1.15. The van der Waals surface area contributed by atoms with Crippen molar-refractivity contribution in [3.8, 4) is 0 Å². The standard InChI is InChI=1S/C13H19FN4O3/c1-13(2,3)11(19)21-8-18-6-9(14)10(16-12(18)20)15-7-17(4)5/h6-7H,8H2,1-5H3/b15-7+. The van der Waals surface area contributed by atoms with Gasteiger partial charge in [-0.1, -0.05) is 0 Å². The number of carbonyl (C=O) groups excluding carboxylic acids is 1. The average Bonchev–Trinajstić information content (AvgIpc) is 2.35. The van der Waals surface area contributed by atoms with Crippen LogP contribution in [0.15, 0.2) is 16.0 Å². The van der Waals surface area contributed by atoms with E-state index >= 15 is 0 Å². The fourth-order valence-corrected chi connectivity index (χ4v) is 1.16. The minimum Gasteiger partial charge on any atom is -0.443 e. The summed E-state index contributed by atoms with van der Waals surface area (Å²) in [5.74, 6) is -1.59. The number of ether oxygens (including phenoxy) is 1. The molecule has 1 rings (SSSR count). The molecule has 0 aliphatic carbocycles. The van der Waals surface area contributed by atoms with Crippen molar-refractivity contribution in [2.75, 3.05) is 14.1 Å². The van der Waals surface area contributed by atoms with Crippen LogP contribution in [0, 0.1) is 11.2 Å². The highest BCUT2D eigenvalue weighted by Gasteiger charge is 2.23. The van der Waals surface area contributed by atoms with Gasteiger partial charge in [0, 0.05) is 14.1 Å². The number of hydrogen-bond donors (Lipinski definition) is 0. The Morgan fingerprint density at radius 3 is 2.67 bits per heavy atom. The number of rotatable bonds is 4. The lowest BCUT2D eigenvalue weighted by Crippen LogP contribution is -2.29. The Kier molecular flexibility index (Phi) is 5.17. The van der Waals surface area contributed by atoms with Crippen LogP contribution in [-0.2, 0) is 16.3 Å². The Labute approximate surface area is 122 Å². The van der Waals surface area contributed by atoms with Gasteiger partial charge in [-0.3, -0.25) is 9.36 Å². The van der Waals surface area contributed by atoms with E-state index in [1.165, 1.54) is 6.34 Å². The SMILES string of the molecule is CN(C)/C=N/c1nc(=O)n(COC(=O)C(C)(C)C)cc1F. The molecule has 0 aliphatic rings. The summed E-state index contributed by atoms with van der Waals surface area (Å²) in [7, 11) is 3.41. The van der Waals surface area contributed by atoms with Crippen LogP contribution < -0.4 is 5.69 Å². The lowest BCUT2D eigenvalue weighted by molar-refractivity contribution is -0.157. The van der Waals surface area contributed by atoms with E-state index in [2.05, 4.69) is 9.98 Å². The minimum atomic E-state index is -0.778. The van der Waals surface area contributed by atoms with E-state index in [4.69, 9.17) is 4.74 Å². The van der Waals surface area contributed by atoms with E-state index in [1.54, 1.807) is 39.8 Å². The number of aromatic nitrogens is 2. The lowest BCUT2D eigenvalue weighted by atomic mass is 9.98. The monoisotopic (exact) mass is 298 g/mol. The summed E-state index contributed by atoms with van der Waals surface area (Å²) >= 11 is 0. The third-order valence-electron chi connectivity index (χ3n) is 2.29. The second-order valence-corrected chi connectivity index (χ2v) is 5.68. The maximum Gasteiger partial charge on any atom is 0.352 e. The smallest absolute Gasteiger partial charge is 0.352 e. The van der Waals surface area contributed by atoms with E-state index in [0.29, 0.717) is 0 Å². The van der Waals surface area contributed by atoms with Crippen LogP contribution in [0.4, 0.5) is 10.2 Å². The largest absolute Gasteiger partial charge is 0.443 e. The van der Waals surface area contributed by atoms with Gasteiger partial charge >= 0.3 is 11.7 Å². The molecule has 0 amide bonds. The molecule has 0 aromatic carbocycles. The van der Waals surface area contributed by atoms with Gasteiger partial charge in [0.1, 0.15) is 0 Å². The maximum atomic E-state index is 13.7. The zero-order valence-corrected chi connectivity index (χ0v) is 12.8. The quantitative estimate of drug-likeness (QED) is 0.473. The summed E-state index contributed by atoms with van der Waals surface area (Å²) in [6.07, 6.45) is 2.24. The number of hydrogen-bond acceptors (Lipinski definition) is 5. The van der Waals surface area contributed by atoms with Gasteiger partial charge in [-0.05, 0) is 20.8 Å². The van der Waals surface area contributed by atoms with Crippen LogP contribution >= 0.6 is 0 Å². The van der Waals surface area contributed by atoms with Crippen LogP contribution in [-0.4, -0.2) is 40.9 Å². The van der Waals surface area contributed by atoms with E-state index in [0.717, 1.165) is 10.8 Å². The van der Waals surface area contributed by atoms with Gasteiger partial charge in [-0.15, -0.1) is 0 Å². The van der Waals surface area contributed by atoms with Gasteiger partial charge in [-0.25, -0.2) is 14.2 Å². The summed E-state index contributed by atoms with van der Waals surface area (Å²) in [6.45, 7) is 4.64. The summed E-state index contributed by atoms with van der Waals surface area (Å²) in [6, 6.07) is 0. The zero-order chi connectivity index (χ0) is 16.2. The highest BCUT2D eigenvalue weighted by Crippen LogP contribution is 2.15. The van der Waals surface area contributed by atoms with Gasteiger partial charge in [-0.2, -0.15) is 4.98 Å². The molecule has 0 aliphatic heterocycles. The van der Waals surface area contributed by atoms with Crippen LogP contribution in [0.25, 0.3) is 0 Å². The lowest BCUT2D eigenvalue weighted by Gasteiger charge is -2.16. The van der Waals surface area contributed by atoms with Crippen LogP contribution in [0.2, 0.25) is 0 Å². The molecule has 21 heavy (non-hydrogen) atoms. The molecule has 8 heteroatoms. The molecule has 0 fully saturated rings. The molecule has 0 unspecified atom stereocenters. The molecule has 1 heterocycles. The van der Waals surface area contributed by atoms with Crippen molar-refractivity contribution in [3.05, 3.63) is 22.5 Å². The summed E-state index contributed by atoms with van der Waals surface area (Å²) < 4.78 is 19.5. The third kappa shape index (κ3) is 4.97. The normalized spacial score (nSPS) is 11.7. The van der Waals surface area contributed by atoms with E-state index in [-0.39, 0.29) is 5.82 Å². The Balaban J connectivity index is 2.90. The van der Waals surface area contributed by atoms with Gasteiger partial charge in [0.05, 0.1) is 18.0 Å². The van der Waals surface area contributed by atoms with Crippen molar-refractivity contribution in [1.29, 1.82) is 0 Å². The van der Waals surface area contributed by atoms with Gasteiger partial charge < -0.3 is 9.64 Å². The minimum absolute atomic E-state index is 0.313. The predicted molar refractivity (Wildman–Crippen MR) is 75.8 cm³/mol. The zero-order valence-electron chi connectivity index (χ0n) is 12.8. The van der Waals surface area contributed by atoms with Crippen molar-refractivity contribution in [1.82, 2.24) is 14.5 Å². The van der Waals surface area contributed by atoms with Gasteiger partial charge in [0.15, 0.2) is 18.4 Å². The first-order chi connectivity index (χ1) is 9.61. The Bertz CT molecular complexity index is 602. The number of halogens is 1. The summed E-state index contributed by atoms with van der Waals surface area (Å²) in [4.78, 5) is 32.1. The molecule has 0 spiro atoms. The first-order valence-electron chi connectivity index (χ1n) is 6.26. The first kappa shape index (κ1) is 16.8. The Morgan fingerprint density at radius 1 is 1.52 bits per heavy atom. The fourth-order valence-electron chi connectivity index (χ4n) is 1.16. The maximum absolute atomic E-state index is 13.7. The fraction of sp³-hybridized carbons (Fsp3) is 0.538. The van der Waals surface area contributed by atoms with Crippen LogP contribution in [0.3, 0.4) is 0 Å². The van der Waals surface area contributed by atoms with Crippen molar-refractivity contribution < 1.29 is 13.9 Å². The van der Waals surface area contributed by atoms with E-state index < -0.39 is 29.6 Å². The second-order valence-electron chi connectivity index (χ2n) is 5.68. The number of esters is 1. The molecule has 0 N–H and O–H groups in total. The molecule has 116 valence electrons. The highest BCUT2D eigenvalue weighted by atomic mass is 19.1. The summed E-state index contributed by atoms with van der Waals surface area (Å²) in [5.41, 5.74) is -1.45.